The number of fused-ring (bicyclic) bond motifs is 1. The molecule has 0 radical (unpaired) electrons. The Hall–Kier alpha value is -2.41. The van der Waals surface area contributed by atoms with Crippen LogP contribution in [-0.4, -0.2) is 41.9 Å². The van der Waals surface area contributed by atoms with Crippen LogP contribution in [0.25, 0.3) is 0 Å². The van der Waals surface area contributed by atoms with E-state index in [1.165, 1.54) is 0 Å². The topological polar surface area (TPSA) is 84.5 Å². The van der Waals surface area contributed by atoms with Crippen molar-refractivity contribution in [3.05, 3.63) is 69.2 Å². The first-order chi connectivity index (χ1) is 16.2. The number of carbonyl (C=O) groups is 3. The molecule has 3 unspecified atom stereocenters. The Kier molecular flexibility index (Phi) is 7.31. The molecule has 1 saturated carbocycles. The fourth-order valence-electron chi connectivity index (χ4n) is 4.72. The van der Waals surface area contributed by atoms with Gasteiger partial charge in [-0.3, -0.25) is 14.4 Å². The number of Topliss-reactive ketones (excluding diaryl/α,β-unsaturated/α-hetero) is 1. The maximum atomic E-state index is 13.5. The van der Waals surface area contributed by atoms with Gasteiger partial charge < -0.3 is 15.4 Å². The number of ether oxygens (including phenoxy) is 1. The lowest BCUT2D eigenvalue weighted by Gasteiger charge is -2.30. The van der Waals surface area contributed by atoms with Gasteiger partial charge in [-0.25, -0.2) is 0 Å². The lowest BCUT2D eigenvalue weighted by molar-refractivity contribution is -0.131. The van der Waals surface area contributed by atoms with E-state index >= 15 is 0 Å². The van der Waals surface area contributed by atoms with Crippen LogP contribution in [0, 0.1) is 0 Å². The van der Waals surface area contributed by atoms with Gasteiger partial charge in [-0.15, -0.1) is 0 Å². The first kappa shape index (κ1) is 24.7. The van der Waals surface area contributed by atoms with Crippen molar-refractivity contribution in [1.82, 2.24) is 10.6 Å². The van der Waals surface area contributed by atoms with E-state index in [1.54, 1.807) is 30.3 Å². The Bertz CT molecular complexity index is 1100. The standard InChI is InChI=1S/C26H28Cl2N2O4/c1-15(2)17-6-8-18(9-7-17)24(32)29-21(13-16-5-10-19(27)20(28)12-16)25(33)30-26-11-3-4-23(26)34-14-22(26)31/h5-10,12,15,21,23H,3-4,11,13-14H2,1-2H3,(H,29,32)(H,30,33). The zero-order valence-corrected chi connectivity index (χ0v) is 20.7. The number of hydrogen-bond acceptors (Lipinski definition) is 4. The number of benzene rings is 2. The number of hydrogen-bond donors (Lipinski definition) is 2. The quantitative estimate of drug-likeness (QED) is 0.584. The Morgan fingerprint density at radius 1 is 1.12 bits per heavy atom. The van der Waals surface area contributed by atoms with Crippen molar-refractivity contribution in [2.24, 2.45) is 0 Å². The summed E-state index contributed by atoms with van der Waals surface area (Å²) in [5, 5.41) is 6.56. The number of halogens is 2. The summed E-state index contributed by atoms with van der Waals surface area (Å²) < 4.78 is 5.62. The van der Waals surface area contributed by atoms with Crippen LogP contribution in [0.3, 0.4) is 0 Å². The summed E-state index contributed by atoms with van der Waals surface area (Å²) in [6.45, 7) is 4.16. The minimum absolute atomic E-state index is 0.00301. The van der Waals surface area contributed by atoms with Crippen LogP contribution < -0.4 is 10.6 Å². The van der Waals surface area contributed by atoms with E-state index in [9.17, 15) is 14.4 Å². The van der Waals surface area contributed by atoms with Crippen molar-refractivity contribution in [3.63, 3.8) is 0 Å². The molecule has 3 atom stereocenters. The van der Waals surface area contributed by atoms with Crippen LogP contribution >= 0.6 is 23.2 Å². The van der Waals surface area contributed by atoms with Gasteiger partial charge in [0.2, 0.25) is 5.91 Å². The fraction of sp³-hybridized carbons (Fsp3) is 0.423. The van der Waals surface area contributed by atoms with Gasteiger partial charge in [0.1, 0.15) is 18.2 Å². The Morgan fingerprint density at radius 3 is 2.53 bits per heavy atom. The fourth-order valence-corrected chi connectivity index (χ4v) is 5.04. The van der Waals surface area contributed by atoms with E-state index in [-0.39, 0.29) is 30.8 Å². The van der Waals surface area contributed by atoms with Crippen LogP contribution in [0.15, 0.2) is 42.5 Å². The van der Waals surface area contributed by atoms with Crippen molar-refractivity contribution in [2.45, 2.75) is 63.1 Å². The van der Waals surface area contributed by atoms with Crippen LogP contribution in [0.1, 0.15) is 60.5 Å². The molecule has 8 heteroatoms. The zero-order valence-electron chi connectivity index (χ0n) is 19.2. The van der Waals surface area contributed by atoms with Crippen LogP contribution in [0.4, 0.5) is 0 Å². The summed E-state index contributed by atoms with van der Waals surface area (Å²) in [4.78, 5) is 39.2. The highest BCUT2D eigenvalue weighted by molar-refractivity contribution is 6.42. The van der Waals surface area contributed by atoms with Crippen LogP contribution in [0.5, 0.6) is 0 Å². The lowest BCUT2D eigenvalue weighted by atomic mass is 9.91. The number of rotatable bonds is 7. The molecular formula is C26H28Cl2N2O4. The van der Waals surface area contributed by atoms with E-state index in [4.69, 9.17) is 27.9 Å². The summed E-state index contributed by atoms with van der Waals surface area (Å²) >= 11 is 12.2. The summed E-state index contributed by atoms with van der Waals surface area (Å²) in [5.41, 5.74) is 1.29. The zero-order chi connectivity index (χ0) is 24.5. The minimum Gasteiger partial charge on any atom is -0.367 e. The molecule has 0 bridgehead atoms. The number of carbonyl (C=O) groups excluding carboxylic acids is 3. The molecule has 2 amide bonds. The predicted molar refractivity (Wildman–Crippen MR) is 131 cm³/mol. The molecule has 2 aliphatic rings. The van der Waals surface area contributed by atoms with Gasteiger partial charge in [-0.2, -0.15) is 0 Å². The van der Waals surface area contributed by atoms with Crippen molar-refractivity contribution in [3.8, 4) is 0 Å². The maximum Gasteiger partial charge on any atom is 0.251 e. The number of nitrogens with one attached hydrogen (secondary N) is 2. The van der Waals surface area contributed by atoms with E-state index in [0.29, 0.717) is 27.9 Å². The van der Waals surface area contributed by atoms with Gasteiger partial charge in [-0.1, -0.05) is 55.2 Å². The van der Waals surface area contributed by atoms with E-state index in [2.05, 4.69) is 24.5 Å². The highest BCUT2D eigenvalue weighted by Crippen LogP contribution is 2.38. The largest absolute Gasteiger partial charge is 0.367 e. The van der Waals surface area contributed by atoms with Gasteiger partial charge in [0.15, 0.2) is 5.78 Å². The molecule has 0 aromatic heterocycles. The Balaban J connectivity index is 1.57. The van der Waals surface area contributed by atoms with Gasteiger partial charge >= 0.3 is 0 Å². The molecule has 2 aromatic carbocycles. The van der Waals surface area contributed by atoms with Crippen LogP contribution in [-0.2, 0) is 20.7 Å². The molecular weight excluding hydrogens is 475 g/mol. The molecule has 180 valence electrons. The highest BCUT2D eigenvalue weighted by Gasteiger charge is 2.55. The average molecular weight is 503 g/mol. The van der Waals surface area contributed by atoms with E-state index in [0.717, 1.165) is 24.0 Å². The molecule has 2 aromatic rings. The summed E-state index contributed by atoms with van der Waals surface area (Å²) in [6, 6.07) is 11.5. The predicted octanol–water partition coefficient (Wildman–Crippen LogP) is 4.46. The SMILES string of the molecule is CC(C)c1ccc(C(=O)NC(Cc2ccc(Cl)c(Cl)c2)C(=O)NC23CCCC2OCC3=O)cc1. The monoisotopic (exact) mass is 502 g/mol. The number of amides is 2. The van der Waals surface area contributed by atoms with Crippen molar-refractivity contribution in [1.29, 1.82) is 0 Å². The third-order valence-corrected chi connectivity index (χ3v) is 7.47. The molecule has 6 nitrogen and oxygen atoms in total. The molecule has 1 heterocycles. The molecule has 2 N–H and O–H groups in total. The van der Waals surface area contributed by atoms with Crippen molar-refractivity contribution in [2.75, 3.05) is 6.61 Å². The molecule has 0 spiro atoms. The molecule has 34 heavy (non-hydrogen) atoms. The maximum absolute atomic E-state index is 13.5. The molecule has 1 aliphatic carbocycles. The summed E-state index contributed by atoms with van der Waals surface area (Å²) in [5.74, 6) is -0.573. The third kappa shape index (κ3) is 4.99. The first-order valence-corrected chi connectivity index (χ1v) is 12.3. The second-order valence-electron chi connectivity index (χ2n) is 9.33. The van der Waals surface area contributed by atoms with E-state index < -0.39 is 17.5 Å². The normalized spacial score (nSPS) is 22.5. The second-order valence-corrected chi connectivity index (χ2v) is 10.1. The second kappa shape index (κ2) is 10.1. The number of ketones is 1. The molecule has 1 aliphatic heterocycles. The molecule has 1 saturated heterocycles. The summed E-state index contributed by atoms with van der Waals surface area (Å²) in [6.07, 6.45) is 1.91. The Morgan fingerprint density at radius 2 is 1.85 bits per heavy atom. The van der Waals surface area contributed by atoms with Crippen molar-refractivity contribution < 1.29 is 19.1 Å². The van der Waals surface area contributed by atoms with E-state index in [1.807, 2.05) is 12.1 Å². The first-order valence-electron chi connectivity index (χ1n) is 11.5. The van der Waals surface area contributed by atoms with Crippen LogP contribution in [0.2, 0.25) is 10.0 Å². The Labute approximate surface area is 209 Å². The van der Waals surface area contributed by atoms with Gasteiger partial charge in [0.25, 0.3) is 5.91 Å². The summed E-state index contributed by atoms with van der Waals surface area (Å²) in [7, 11) is 0. The third-order valence-electron chi connectivity index (χ3n) is 6.73. The molecule has 2 fully saturated rings. The lowest BCUT2D eigenvalue weighted by Crippen LogP contribution is -2.60. The molecule has 4 rings (SSSR count). The van der Waals surface area contributed by atoms with Gasteiger partial charge in [-0.05, 0) is 60.6 Å². The highest BCUT2D eigenvalue weighted by atomic mass is 35.5. The van der Waals surface area contributed by atoms with Gasteiger partial charge in [0.05, 0.1) is 16.1 Å². The van der Waals surface area contributed by atoms with Gasteiger partial charge in [0, 0.05) is 12.0 Å². The average Bonchev–Trinajstić information content (AvgIpc) is 3.35. The van der Waals surface area contributed by atoms with Crippen molar-refractivity contribution >= 4 is 40.8 Å². The minimum atomic E-state index is -1.02. The smallest absolute Gasteiger partial charge is 0.251 e.